The molecule has 0 atom stereocenters. The summed E-state index contributed by atoms with van der Waals surface area (Å²) in [6.45, 7) is 6.47. The van der Waals surface area contributed by atoms with Crippen LogP contribution in [0.2, 0.25) is 0 Å². The quantitative estimate of drug-likeness (QED) is 0.686. The third kappa shape index (κ3) is 1.50. The van der Waals surface area contributed by atoms with E-state index < -0.39 is 0 Å². The molecular weight excluding hydrogens is 162 g/mol. The number of aromatic nitrogens is 2. The summed E-state index contributed by atoms with van der Waals surface area (Å²) in [6.07, 6.45) is 4.14. The maximum atomic E-state index is 4.53. The van der Waals surface area contributed by atoms with E-state index in [2.05, 4.69) is 28.7 Å². The molecule has 2 heterocycles. The molecule has 13 heavy (non-hydrogen) atoms. The first kappa shape index (κ1) is 8.48. The first-order valence-electron chi connectivity index (χ1n) is 4.88. The maximum absolute atomic E-state index is 4.53. The summed E-state index contributed by atoms with van der Waals surface area (Å²) in [6, 6.07) is 0. The largest absolute Gasteiger partial charge is 0.356 e. The summed E-state index contributed by atoms with van der Waals surface area (Å²) in [5.41, 5.74) is 1.19. The van der Waals surface area contributed by atoms with Crippen molar-refractivity contribution in [3.05, 3.63) is 17.6 Å². The first-order valence-corrected chi connectivity index (χ1v) is 4.88. The van der Waals surface area contributed by atoms with E-state index in [1.54, 1.807) is 0 Å². The number of anilines is 1. The van der Waals surface area contributed by atoms with Gasteiger partial charge in [0.1, 0.15) is 11.6 Å². The minimum absolute atomic E-state index is 0.918. The summed E-state index contributed by atoms with van der Waals surface area (Å²) in [7, 11) is 0. The van der Waals surface area contributed by atoms with Gasteiger partial charge in [0.05, 0.1) is 0 Å². The molecule has 0 spiro atoms. The minimum Gasteiger partial charge on any atom is -0.356 e. The number of hydrogen-bond donors (Lipinski definition) is 0. The van der Waals surface area contributed by atoms with Crippen LogP contribution in [-0.4, -0.2) is 23.1 Å². The second-order valence-electron chi connectivity index (χ2n) is 3.49. The molecule has 2 rings (SSSR count). The SMILES string of the molecule is CCc1ncc(C)c(N2CCC2)n1. The van der Waals surface area contributed by atoms with Crippen molar-refractivity contribution in [3.8, 4) is 0 Å². The Hall–Kier alpha value is -1.12. The molecule has 1 aliphatic heterocycles. The summed E-state index contributed by atoms with van der Waals surface area (Å²) >= 11 is 0. The minimum atomic E-state index is 0.918. The van der Waals surface area contributed by atoms with Gasteiger partial charge in [-0.2, -0.15) is 0 Å². The van der Waals surface area contributed by atoms with Gasteiger partial charge >= 0.3 is 0 Å². The molecule has 3 heteroatoms. The van der Waals surface area contributed by atoms with Crippen molar-refractivity contribution in [3.63, 3.8) is 0 Å². The van der Waals surface area contributed by atoms with Crippen LogP contribution >= 0.6 is 0 Å². The molecule has 0 N–H and O–H groups in total. The lowest BCUT2D eigenvalue weighted by atomic mass is 10.2. The molecule has 0 aliphatic carbocycles. The normalized spacial score (nSPS) is 15.7. The van der Waals surface area contributed by atoms with E-state index in [4.69, 9.17) is 0 Å². The number of hydrogen-bond acceptors (Lipinski definition) is 3. The van der Waals surface area contributed by atoms with Crippen molar-refractivity contribution >= 4 is 5.82 Å². The van der Waals surface area contributed by atoms with Gasteiger partial charge in [-0.3, -0.25) is 0 Å². The highest BCUT2D eigenvalue weighted by atomic mass is 15.2. The predicted octanol–water partition coefficient (Wildman–Crippen LogP) is 1.56. The van der Waals surface area contributed by atoms with Gasteiger partial charge in [-0.05, 0) is 13.3 Å². The number of aryl methyl sites for hydroxylation is 2. The van der Waals surface area contributed by atoms with Crippen molar-refractivity contribution in [1.29, 1.82) is 0 Å². The van der Waals surface area contributed by atoms with Crippen LogP contribution in [0.4, 0.5) is 5.82 Å². The Kier molecular flexibility index (Phi) is 2.17. The standard InChI is InChI=1S/C10H15N3/c1-3-9-11-7-8(2)10(12-9)13-5-4-6-13/h7H,3-6H2,1-2H3. The average Bonchev–Trinajstić information content (AvgIpc) is 2.06. The van der Waals surface area contributed by atoms with E-state index in [0.717, 1.165) is 31.2 Å². The lowest BCUT2D eigenvalue weighted by molar-refractivity contribution is 0.604. The topological polar surface area (TPSA) is 29.0 Å². The van der Waals surface area contributed by atoms with Gasteiger partial charge in [-0.15, -0.1) is 0 Å². The van der Waals surface area contributed by atoms with Crippen molar-refractivity contribution < 1.29 is 0 Å². The molecule has 70 valence electrons. The molecule has 1 aromatic rings. The second-order valence-corrected chi connectivity index (χ2v) is 3.49. The zero-order valence-corrected chi connectivity index (χ0v) is 8.25. The van der Waals surface area contributed by atoms with Crippen LogP contribution in [0.15, 0.2) is 6.20 Å². The second kappa shape index (κ2) is 3.32. The van der Waals surface area contributed by atoms with E-state index in [1.165, 1.54) is 12.0 Å². The predicted molar refractivity (Wildman–Crippen MR) is 53.0 cm³/mol. The van der Waals surface area contributed by atoms with Crippen molar-refractivity contribution in [2.75, 3.05) is 18.0 Å². The molecule has 1 aromatic heterocycles. The molecule has 1 aliphatic rings. The van der Waals surface area contributed by atoms with Crippen molar-refractivity contribution in [2.24, 2.45) is 0 Å². The van der Waals surface area contributed by atoms with Crippen LogP contribution in [0.3, 0.4) is 0 Å². The fourth-order valence-electron chi connectivity index (χ4n) is 1.49. The Balaban J connectivity index is 2.30. The smallest absolute Gasteiger partial charge is 0.135 e. The molecule has 3 nitrogen and oxygen atoms in total. The zero-order valence-electron chi connectivity index (χ0n) is 8.25. The molecule has 0 unspecified atom stereocenters. The Bertz CT molecular complexity index is 305. The van der Waals surface area contributed by atoms with Crippen LogP contribution < -0.4 is 4.90 Å². The highest BCUT2D eigenvalue weighted by Gasteiger charge is 2.17. The van der Waals surface area contributed by atoms with Gasteiger partial charge in [-0.25, -0.2) is 9.97 Å². The summed E-state index contributed by atoms with van der Waals surface area (Å²) in [5.74, 6) is 2.09. The highest BCUT2D eigenvalue weighted by molar-refractivity contribution is 5.47. The van der Waals surface area contributed by atoms with Gasteiger partial charge in [0.2, 0.25) is 0 Å². The maximum Gasteiger partial charge on any atom is 0.135 e. The zero-order chi connectivity index (χ0) is 9.26. The fraction of sp³-hybridized carbons (Fsp3) is 0.600. The molecule has 0 radical (unpaired) electrons. The highest BCUT2D eigenvalue weighted by Crippen LogP contribution is 2.21. The Labute approximate surface area is 78.8 Å². The van der Waals surface area contributed by atoms with Gasteiger partial charge in [-0.1, -0.05) is 6.92 Å². The van der Waals surface area contributed by atoms with Crippen LogP contribution in [0.5, 0.6) is 0 Å². The van der Waals surface area contributed by atoms with Gasteiger partial charge in [0, 0.05) is 31.3 Å². The molecule has 0 saturated carbocycles. The van der Waals surface area contributed by atoms with Crippen molar-refractivity contribution in [1.82, 2.24) is 9.97 Å². The molecule has 1 saturated heterocycles. The molecular formula is C10H15N3. The summed E-state index contributed by atoms with van der Waals surface area (Å²) < 4.78 is 0. The summed E-state index contributed by atoms with van der Waals surface area (Å²) in [5, 5.41) is 0. The van der Waals surface area contributed by atoms with Crippen LogP contribution in [0.25, 0.3) is 0 Å². The summed E-state index contributed by atoms with van der Waals surface area (Å²) in [4.78, 5) is 11.1. The third-order valence-corrected chi connectivity index (χ3v) is 2.47. The number of rotatable bonds is 2. The van der Waals surface area contributed by atoms with E-state index in [9.17, 15) is 0 Å². The van der Waals surface area contributed by atoms with E-state index >= 15 is 0 Å². The molecule has 0 amide bonds. The monoisotopic (exact) mass is 177 g/mol. The van der Waals surface area contributed by atoms with E-state index in [-0.39, 0.29) is 0 Å². The van der Waals surface area contributed by atoms with Gasteiger partial charge in [0.25, 0.3) is 0 Å². The van der Waals surface area contributed by atoms with Gasteiger partial charge in [0.15, 0.2) is 0 Å². The molecule has 0 aromatic carbocycles. The third-order valence-electron chi connectivity index (χ3n) is 2.47. The number of nitrogens with zero attached hydrogens (tertiary/aromatic N) is 3. The average molecular weight is 177 g/mol. The molecule has 0 bridgehead atoms. The lowest BCUT2D eigenvalue weighted by Crippen LogP contribution is -2.38. The van der Waals surface area contributed by atoms with Crippen LogP contribution in [0, 0.1) is 6.92 Å². The first-order chi connectivity index (χ1) is 6.31. The van der Waals surface area contributed by atoms with Gasteiger partial charge < -0.3 is 4.90 Å². The Morgan fingerprint density at radius 3 is 2.77 bits per heavy atom. The van der Waals surface area contributed by atoms with Crippen molar-refractivity contribution in [2.45, 2.75) is 26.7 Å². The van der Waals surface area contributed by atoms with E-state index in [0.29, 0.717) is 0 Å². The van der Waals surface area contributed by atoms with Crippen LogP contribution in [0.1, 0.15) is 24.7 Å². The lowest BCUT2D eigenvalue weighted by Gasteiger charge is -2.33. The molecule has 1 fully saturated rings. The Morgan fingerprint density at radius 2 is 2.23 bits per heavy atom. The van der Waals surface area contributed by atoms with E-state index in [1.807, 2.05) is 6.20 Å². The van der Waals surface area contributed by atoms with Crippen LogP contribution in [-0.2, 0) is 6.42 Å². The Morgan fingerprint density at radius 1 is 1.46 bits per heavy atom. The fourth-order valence-corrected chi connectivity index (χ4v) is 1.49.